The Morgan fingerprint density at radius 1 is 1.04 bits per heavy atom. The van der Waals surface area contributed by atoms with Crippen molar-refractivity contribution >= 4 is 39.8 Å². The lowest BCUT2D eigenvalue weighted by molar-refractivity contribution is -0.00555. The monoisotopic (exact) mass is 388 g/mol. The normalized spacial score (nSPS) is 31.8. The molecule has 0 aliphatic heterocycles. The van der Waals surface area contributed by atoms with Crippen molar-refractivity contribution in [3.05, 3.63) is 34.3 Å². The van der Waals surface area contributed by atoms with Crippen LogP contribution >= 0.6 is 22.9 Å². The van der Waals surface area contributed by atoms with Gasteiger partial charge in [0.05, 0.1) is 10.7 Å². The second-order valence-electron chi connectivity index (χ2n) is 8.17. The maximum absolute atomic E-state index is 12.2. The number of benzene rings is 1. The third-order valence-electron chi connectivity index (χ3n) is 6.26. The zero-order valence-corrected chi connectivity index (χ0v) is 15.9. The first-order chi connectivity index (χ1) is 12.6. The average Bonchev–Trinajstić information content (AvgIpc) is 3.05. The summed E-state index contributed by atoms with van der Waals surface area (Å²) in [6.07, 6.45) is 7.97. The first kappa shape index (κ1) is 16.5. The highest BCUT2D eigenvalue weighted by molar-refractivity contribution is 7.15. The van der Waals surface area contributed by atoms with E-state index in [9.17, 15) is 4.79 Å². The summed E-state index contributed by atoms with van der Waals surface area (Å²) in [4.78, 5) is 12.2. The summed E-state index contributed by atoms with van der Waals surface area (Å²) >= 11 is 7.62. The number of nitrogens with zero attached hydrogens (tertiary/aromatic N) is 2. The maximum Gasteiger partial charge on any atom is 0.325 e. The molecule has 0 spiro atoms. The van der Waals surface area contributed by atoms with E-state index in [-0.39, 0.29) is 11.4 Å². The molecule has 4 fully saturated rings. The van der Waals surface area contributed by atoms with Crippen LogP contribution in [0, 0.1) is 17.8 Å². The van der Waals surface area contributed by atoms with E-state index in [4.69, 9.17) is 11.6 Å². The summed E-state index contributed by atoms with van der Waals surface area (Å²) in [5.74, 6) is 2.60. The highest BCUT2D eigenvalue weighted by Gasteiger charge is 2.53. The molecule has 4 aliphatic carbocycles. The summed E-state index contributed by atoms with van der Waals surface area (Å²) in [5.41, 5.74) is 0.795. The summed E-state index contributed by atoms with van der Waals surface area (Å²) in [6.45, 7) is 0. The number of rotatable bonds is 3. The first-order valence-electron chi connectivity index (χ1n) is 9.26. The Hall–Kier alpha value is -1.66. The average molecular weight is 389 g/mol. The fourth-order valence-electron chi connectivity index (χ4n) is 5.67. The molecular formula is C19H21ClN4OS. The molecule has 5 nitrogen and oxygen atoms in total. The zero-order valence-electron chi connectivity index (χ0n) is 14.4. The molecule has 2 aromatic rings. The molecule has 1 aromatic heterocycles. The van der Waals surface area contributed by atoms with Crippen LogP contribution in [0.25, 0.3) is 0 Å². The van der Waals surface area contributed by atoms with Crippen molar-refractivity contribution in [1.29, 1.82) is 0 Å². The van der Waals surface area contributed by atoms with Crippen molar-refractivity contribution in [3.63, 3.8) is 0 Å². The fourth-order valence-corrected chi connectivity index (χ4v) is 6.81. The van der Waals surface area contributed by atoms with E-state index in [2.05, 4.69) is 20.8 Å². The zero-order chi connectivity index (χ0) is 17.7. The Bertz CT molecular complexity index is 816. The van der Waals surface area contributed by atoms with Gasteiger partial charge in [0.2, 0.25) is 5.13 Å². The molecule has 136 valence electrons. The summed E-state index contributed by atoms with van der Waals surface area (Å²) in [5, 5.41) is 16.5. The summed E-state index contributed by atoms with van der Waals surface area (Å²) < 4.78 is 0. The van der Waals surface area contributed by atoms with Gasteiger partial charge in [-0.3, -0.25) is 5.32 Å². The van der Waals surface area contributed by atoms with E-state index in [1.165, 1.54) is 49.9 Å². The maximum atomic E-state index is 12.2. The lowest BCUT2D eigenvalue weighted by Gasteiger charge is -2.55. The summed E-state index contributed by atoms with van der Waals surface area (Å²) in [6, 6.07) is 6.83. The first-order valence-corrected chi connectivity index (χ1v) is 10.5. The number of amides is 2. The van der Waals surface area contributed by atoms with Gasteiger partial charge in [0, 0.05) is 5.41 Å². The van der Waals surface area contributed by atoms with Gasteiger partial charge in [-0.15, -0.1) is 10.2 Å². The van der Waals surface area contributed by atoms with Crippen LogP contribution in [-0.4, -0.2) is 16.2 Å². The molecule has 0 saturated heterocycles. The topological polar surface area (TPSA) is 66.9 Å². The molecule has 1 heterocycles. The number of halogens is 1. The van der Waals surface area contributed by atoms with Gasteiger partial charge in [-0.1, -0.05) is 35.1 Å². The van der Waals surface area contributed by atoms with Gasteiger partial charge in [-0.05, 0) is 68.4 Å². The highest BCUT2D eigenvalue weighted by atomic mass is 35.5. The minimum atomic E-state index is -0.341. The number of nitrogens with one attached hydrogen (secondary N) is 2. The smallest absolute Gasteiger partial charge is 0.306 e. The second-order valence-corrected chi connectivity index (χ2v) is 9.55. The van der Waals surface area contributed by atoms with Crippen molar-refractivity contribution in [2.24, 2.45) is 17.8 Å². The van der Waals surface area contributed by atoms with E-state index in [0.29, 0.717) is 15.8 Å². The molecule has 4 bridgehead atoms. The lowest BCUT2D eigenvalue weighted by Crippen LogP contribution is -2.48. The van der Waals surface area contributed by atoms with Crippen LogP contribution in [0.3, 0.4) is 0 Å². The SMILES string of the molecule is O=C(Nc1nnc(C23CC4CC(CC(C4)C2)C3)s1)Nc1ccccc1Cl. The predicted molar refractivity (Wildman–Crippen MR) is 104 cm³/mol. The molecule has 1 aromatic carbocycles. The number of carbonyl (C=O) groups excluding carboxylic acids is 1. The summed E-state index contributed by atoms with van der Waals surface area (Å²) in [7, 11) is 0. The Morgan fingerprint density at radius 3 is 2.35 bits per heavy atom. The molecule has 4 aliphatic rings. The van der Waals surface area contributed by atoms with Crippen LogP contribution in [0.4, 0.5) is 15.6 Å². The van der Waals surface area contributed by atoms with E-state index in [1.807, 2.05) is 12.1 Å². The number of carbonyl (C=O) groups is 1. The minimum absolute atomic E-state index is 0.214. The highest BCUT2D eigenvalue weighted by Crippen LogP contribution is 2.61. The Morgan fingerprint density at radius 2 is 1.69 bits per heavy atom. The van der Waals surface area contributed by atoms with Crippen LogP contribution in [0.15, 0.2) is 24.3 Å². The number of hydrogen-bond donors (Lipinski definition) is 2. The predicted octanol–water partition coefficient (Wildman–Crippen LogP) is 5.30. The van der Waals surface area contributed by atoms with E-state index >= 15 is 0 Å². The van der Waals surface area contributed by atoms with Gasteiger partial charge in [0.15, 0.2) is 0 Å². The lowest BCUT2D eigenvalue weighted by atomic mass is 9.50. The molecule has 0 unspecified atom stereocenters. The molecular weight excluding hydrogens is 368 g/mol. The largest absolute Gasteiger partial charge is 0.325 e. The van der Waals surface area contributed by atoms with Gasteiger partial charge in [0.25, 0.3) is 0 Å². The van der Waals surface area contributed by atoms with Gasteiger partial charge in [-0.25, -0.2) is 4.79 Å². The third kappa shape index (κ3) is 2.89. The number of para-hydroxylation sites is 1. The van der Waals surface area contributed by atoms with Crippen LogP contribution in [-0.2, 0) is 5.41 Å². The van der Waals surface area contributed by atoms with Crippen molar-refractivity contribution in [2.45, 2.75) is 43.9 Å². The Labute approximate surface area is 161 Å². The number of anilines is 2. The van der Waals surface area contributed by atoms with Gasteiger partial charge >= 0.3 is 6.03 Å². The number of hydrogen-bond acceptors (Lipinski definition) is 4. The molecule has 2 N–H and O–H groups in total. The van der Waals surface area contributed by atoms with Gasteiger partial charge in [-0.2, -0.15) is 0 Å². The van der Waals surface area contributed by atoms with Gasteiger partial charge in [0.1, 0.15) is 5.01 Å². The van der Waals surface area contributed by atoms with Crippen LogP contribution in [0.2, 0.25) is 5.02 Å². The number of aromatic nitrogens is 2. The van der Waals surface area contributed by atoms with Crippen LogP contribution < -0.4 is 10.6 Å². The van der Waals surface area contributed by atoms with Crippen molar-refractivity contribution < 1.29 is 4.79 Å². The molecule has 26 heavy (non-hydrogen) atoms. The van der Waals surface area contributed by atoms with Crippen LogP contribution in [0.1, 0.15) is 43.5 Å². The third-order valence-corrected chi connectivity index (χ3v) is 7.67. The van der Waals surface area contributed by atoms with Crippen LogP contribution in [0.5, 0.6) is 0 Å². The molecule has 2 amide bonds. The second kappa shape index (κ2) is 6.20. The van der Waals surface area contributed by atoms with Gasteiger partial charge < -0.3 is 5.32 Å². The number of urea groups is 1. The molecule has 0 radical (unpaired) electrons. The Balaban J connectivity index is 1.30. The molecule has 0 atom stereocenters. The van der Waals surface area contributed by atoms with E-state index < -0.39 is 0 Å². The minimum Gasteiger partial charge on any atom is -0.306 e. The Kier molecular flexibility index (Phi) is 3.94. The van der Waals surface area contributed by atoms with Crippen molar-refractivity contribution in [3.8, 4) is 0 Å². The van der Waals surface area contributed by atoms with E-state index in [0.717, 1.165) is 22.8 Å². The van der Waals surface area contributed by atoms with Crippen molar-refractivity contribution in [1.82, 2.24) is 10.2 Å². The van der Waals surface area contributed by atoms with Crippen molar-refractivity contribution in [2.75, 3.05) is 10.6 Å². The standard InChI is InChI=1S/C19H21ClN4OS/c20-14-3-1-2-4-15(14)21-17(25)22-18-24-23-16(26-18)19-8-11-5-12(9-19)7-13(6-11)10-19/h1-4,11-13H,5-10H2,(H2,21,22,24,25). The molecule has 6 rings (SSSR count). The van der Waals surface area contributed by atoms with E-state index in [1.54, 1.807) is 12.1 Å². The molecule has 7 heteroatoms. The molecule has 4 saturated carbocycles. The quantitative estimate of drug-likeness (QED) is 0.749. The fraction of sp³-hybridized carbons (Fsp3) is 0.526.